The van der Waals surface area contributed by atoms with Crippen molar-refractivity contribution in [1.29, 1.82) is 0 Å². The highest BCUT2D eigenvalue weighted by molar-refractivity contribution is 7.99. The zero-order valence-corrected chi connectivity index (χ0v) is 15.5. The summed E-state index contributed by atoms with van der Waals surface area (Å²) in [4.78, 5) is 12.0. The Hall–Kier alpha value is -2.74. The smallest absolute Gasteiger partial charge is 0.230 e. The average Bonchev–Trinajstić information content (AvgIpc) is 3.23. The second-order valence-corrected chi connectivity index (χ2v) is 6.50. The molecule has 1 N–H and O–H groups in total. The highest BCUT2D eigenvalue weighted by atomic mass is 32.2. The van der Waals surface area contributed by atoms with Crippen LogP contribution in [0.1, 0.15) is 5.76 Å². The molecule has 136 valence electrons. The van der Waals surface area contributed by atoms with Gasteiger partial charge in [-0.1, -0.05) is 30.0 Å². The quantitative estimate of drug-likeness (QED) is 0.484. The Morgan fingerprint density at radius 2 is 2.08 bits per heavy atom. The van der Waals surface area contributed by atoms with Gasteiger partial charge >= 0.3 is 0 Å². The minimum absolute atomic E-state index is 0.0734. The predicted octanol–water partition coefficient (Wildman–Crippen LogP) is 2.67. The second kappa shape index (κ2) is 8.57. The van der Waals surface area contributed by atoms with E-state index in [4.69, 9.17) is 9.15 Å². The molecule has 0 fully saturated rings. The summed E-state index contributed by atoms with van der Waals surface area (Å²) in [7, 11) is 1.87. The number of aryl methyl sites for hydroxylation is 1. The largest absolute Gasteiger partial charge is 0.492 e. The molecule has 0 spiro atoms. The van der Waals surface area contributed by atoms with E-state index in [1.165, 1.54) is 11.8 Å². The summed E-state index contributed by atoms with van der Waals surface area (Å²) in [5.74, 6) is 2.48. The number of ether oxygens (including phenoxy) is 1. The first-order valence-electron chi connectivity index (χ1n) is 8.16. The van der Waals surface area contributed by atoms with Gasteiger partial charge in [-0.2, -0.15) is 0 Å². The van der Waals surface area contributed by atoms with Gasteiger partial charge in [0.2, 0.25) is 5.91 Å². The van der Waals surface area contributed by atoms with E-state index in [-0.39, 0.29) is 11.7 Å². The minimum atomic E-state index is -0.0734. The van der Waals surface area contributed by atoms with Crippen LogP contribution >= 0.6 is 11.8 Å². The van der Waals surface area contributed by atoms with E-state index >= 15 is 0 Å². The third kappa shape index (κ3) is 4.45. The van der Waals surface area contributed by atoms with E-state index in [0.717, 1.165) is 22.9 Å². The maximum atomic E-state index is 12.0. The van der Waals surface area contributed by atoms with Crippen molar-refractivity contribution in [1.82, 2.24) is 20.1 Å². The molecule has 0 aliphatic rings. The highest BCUT2D eigenvalue weighted by Gasteiger charge is 2.15. The normalized spacial score (nSPS) is 10.7. The fraction of sp³-hybridized carbons (Fsp3) is 0.278. The number of hydrogen-bond donors (Lipinski definition) is 1. The van der Waals surface area contributed by atoms with Crippen LogP contribution in [0.5, 0.6) is 5.75 Å². The van der Waals surface area contributed by atoms with Crippen molar-refractivity contribution in [2.45, 2.75) is 12.1 Å². The van der Waals surface area contributed by atoms with Crippen molar-refractivity contribution >= 4 is 17.7 Å². The van der Waals surface area contributed by atoms with Crippen LogP contribution in [0.25, 0.3) is 11.4 Å². The number of hydrogen-bond acceptors (Lipinski definition) is 6. The Balaban J connectivity index is 1.43. The molecule has 0 atom stereocenters. The molecule has 0 unspecified atom stereocenters. The molecule has 0 bridgehead atoms. The van der Waals surface area contributed by atoms with E-state index in [0.29, 0.717) is 18.3 Å². The van der Waals surface area contributed by atoms with Crippen LogP contribution in [-0.2, 0) is 11.8 Å². The van der Waals surface area contributed by atoms with E-state index in [9.17, 15) is 4.79 Å². The van der Waals surface area contributed by atoms with Crippen molar-refractivity contribution in [2.75, 3.05) is 18.9 Å². The lowest BCUT2D eigenvalue weighted by Crippen LogP contribution is -2.29. The molecule has 0 aliphatic carbocycles. The van der Waals surface area contributed by atoms with Crippen LogP contribution in [0.15, 0.2) is 52.2 Å². The third-order valence-corrected chi connectivity index (χ3v) is 4.72. The second-order valence-electron chi connectivity index (χ2n) is 5.56. The standard InChI is InChI=1S/C18H20N4O3S/c1-13-15(8-10-24-13)17-20-21-18(22(17)2)26-12-16(23)19-9-11-25-14-6-4-3-5-7-14/h3-8,10H,9,11-12H2,1-2H3,(H,19,23). The third-order valence-electron chi connectivity index (χ3n) is 3.70. The maximum Gasteiger partial charge on any atom is 0.230 e. The summed E-state index contributed by atoms with van der Waals surface area (Å²) in [6.45, 7) is 2.75. The SMILES string of the molecule is Cc1occc1-c1nnc(SCC(=O)NCCOc2ccccc2)n1C. The number of amides is 1. The van der Waals surface area contributed by atoms with Crippen molar-refractivity contribution in [2.24, 2.45) is 7.05 Å². The zero-order chi connectivity index (χ0) is 18.4. The van der Waals surface area contributed by atoms with Crippen molar-refractivity contribution < 1.29 is 13.9 Å². The first kappa shape index (κ1) is 18.1. The lowest BCUT2D eigenvalue weighted by Gasteiger charge is -2.07. The van der Waals surface area contributed by atoms with Crippen LogP contribution in [-0.4, -0.2) is 39.6 Å². The molecule has 1 aromatic carbocycles. The molecule has 0 aliphatic heterocycles. The maximum absolute atomic E-state index is 12.0. The number of aromatic nitrogens is 3. The number of carbonyl (C=O) groups excluding carboxylic acids is 1. The van der Waals surface area contributed by atoms with Gasteiger partial charge in [0, 0.05) is 7.05 Å². The van der Waals surface area contributed by atoms with Gasteiger partial charge in [0.1, 0.15) is 18.1 Å². The van der Waals surface area contributed by atoms with Crippen LogP contribution in [0.4, 0.5) is 0 Å². The Kier molecular flexibility index (Phi) is 5.96. The molecule has 0 saturated heterocycles. The number of para-hydroxylation sites is 1. The van der Waals surface area contributed by atoms with Crippen LogP contribution in [0.3, 0.4) is 0 Å². The molecule has 2 aromatic heterocycles. The van der Waals surface area contributed by atoms with Crippen LogP contribution in [0.2, 0.25) is 0 Å². The Morgan fingerprint density at radius 1 is 1.27 bits per heavy atom. The van der Waals surface area contributed by atoms with Gasteiger partial charge in [0.15, 0.2) is 11.0 Å². The molecular weight excluding hydrogens is 352 g/mol. The first-order valence-corrected chi connectivity index (χ1v) is 9.15. The monoisotopic (exact) mass is 372 g/mol. The molecule has 26 heavy (non-hydrogen) atoms. The number of thioether (sulfide) groups is 1. The van der Waals surface area contributed by atoms with Gasteiger partial charge < -0.3 is 19.0 Å². The first-order chi connectivity index (χ1) is 12.6. The van der Waals surface area contributed by atoms with Gasteiger partial charge in [0.05, 0.1) is 24.1 Å². The van der Waals surface area contributed by atoms with Gasteiger partial charge in [0.25, 0.3) is 0 Å². The lowest BCUT2D eigenvalue weighted by atomic mass is 10.2. The predicted molar refractivity (Wildman–Crippen MR) is 99.1 cm³/mol. The van der Waals surface area contributed by atoms with Gasteiger partial charge in [-0.05, 0) is 25.1 Å². The topological polar surface area (TPSA) is 82.2 Å². The molecule has 2 heterocycles. The Bertz CT molecular complexity index is 860. The number of carbonyl (C=O) groups is 1. The fourth-order valence-corrected chi connectivity index (χ4v) is 3.09. The highest BCUT2D eigenvalue weighted by Crippen LogP contribution is 2.25. The summed E-state index contributed by atoms with van der Waals surface area (Å²) in [6.07, 6.45) is 1.62. The summed E-state index contributed by atoms with van der Waals surface area (Å²) < 4.78 is 12.7. The molecule has 0 radical (unpaired) electrons. The minimum Gasteiger partial charge on any atom is -0.492 e. The van der Waals surface area contributed by atoms with E-state index < -0.39 is 0 Å². The summed E-state index contributed by atoms with van der Waals surface area (Å²) in [6, 6.07) is 11.4. The van der Waals surface area contributed by atoms with E-state index in [1.54, 1.807) is 6.26 Å². The molecule has 8 heteroatoms. The van der Waals surface area contributed by atoms with Gasteiger partial charge in [-0.15, -0.1) is 10.2 Å². The molecular formula is C18H20N4O3S. The number of rotatable bonds is 8. The molecule has 3 aromatic rings. The molecule has 1 amide bonds. The molecule has 3 rings (SSSR count). The summed E-state index contributed by atoms with van der Waals surface area (Å²) >= 11 is 1.34. The van der Waals surface area contributed by atoms with Gasteiger partial charge in [-0.3, -0.25) is 4.79 Å². The Morgan fingerprint density at radius 3 is 2.81 bits per heavy atom. The van der Waals surface area contributed by atoms with E-state index in [1.807, 2.05) is 54.9 Å². The molecule has 0 saturated carbocycles. The van der Waals surface area contributed by atoms with Crippen LogP contribution in [0, 0.1) is 6.92 Å². The van der Waals surface area contributed by atoms with Crippen LogP contribution < -0.4 is 10.1 Å². The van der Waals surface area contributed by atoms with Crippen molar-refractivity contribution in [3.05, 3.63) is 48.4 Å². The number of benzene rings is 1. The Labute approximate surface area is 155 Å². The zero-order valence-electron chi connectivity index (χ0n) is 14.6. The average molecular weight is 372 g/mol. The van der Waals surface area contributed by atoms with Crippen molar-refractivity contribution in [3.63, 3.8) is 0 Å². The number of nitrogens with zero attached hydrogens (tertiary/aromatic N) is 3. The molecule has 7 nitrogen and oxygen atoms in total. The summed E-state index contributed by atoms with van der Waals surface area (Å²) in [5, 5.41) is 11.8. The number of furan rings is 1. The van der Waals surface area contributed by atoms with E-state index in [2.05, 4.69) is 15.5 Å². The summed E-state index contributed by atoms with van der Waals surface area (Å²) in [5.41, 5.74) is 0.898. The fourth-order valence-electron chi connectivity index (χ4n) is 2.35. The van der Waals surface area contributed by atoms with Crippen molar-refractivity contribution in [3.8, 4) is 17.1 Å². The number of nitrogens with one attached hydrogen (secondary N) is 1. The van der Waals surface area contributed by atoms with Gasteiger partial charge in [-0.25, -0.2) is 0 Å². The lowest BCUT2D eigenvalue weighted by molar-refractivity contribution is -0.118.